The quantitative estimate of drug-likeness (QED) is 0.788. The molecule has 2 N–H and O–H groups in total. The summed E-state index contributed by atoms with van der Waals surface area (Å²) >= 11 is 0. The van der Waals surface area contributed by atoms with Crippen molar-refractivity contribution in [2.24, 2.45) is 5.73 Å². The summed E-state index contributed by atoms with van der Waals surface area (Å²) in [6.45, 7) is 0.747. The molecule has 0 aliphatic carbocycles. The molecule has 0 saturated carbocycles. The third-order valence-electron chi connectivity index (χ3n) is 3.17. The van der Waals surface area contributed by atoms with Crippen LogP contribution in [0.5, 0.6) is 5.75 Å². The van der Waals surface area contributed by atoms with Crippen LogP contribution in [0, 0.1) is 5.82 Å². The van der Waals surface area contributed by atoms with Crippen molar-refractivity contribution >= 4 is 11.0 Å². The van der Waals surface area contributed by atoms with Crippen LogP contribution < -0.4 is 10.5 Å². The third kappa shape index (κ3) is 2.38. The SMILES string of the molecule is NCc1cccc2occ(COc3cccc(F)c3)c12. The topological polar surface area (TPSA) is 48.4 Å². The van der Waals surface area contributed by atoms with Crippen LogP contribution in [-0.2, 0) is 13.2 Å². The summed E-state index contributed by atoms with van der Waals surface area (Å²) in [4.78, 5) is 0. The van der Waals surface area contributed by atoms with Crippen LogP contribution in [0.3, 0.4) is 0 Å². The Hall–Kier alpha value is -2.33. The lowest BCUT2D eigenvalue weighted by Gasteiger charge is -2.06. The Morgan fingerprint density at radius 3 is 2.75 bits per heavy atom. The van der Waals surface area contributed by atoms with E-state index >= 15 is 0 Å². The van der Waals surface area contributed by atoms with Crippen molar-refractivity contribution < 1.29 is 13.5 Å². The lowest BCUT2D eigenvalue weighted by atomic mass is 10.1. The van der Waals surface area contributed by atoms with E-state index in [-0.39, 0.29) is 5.82 Å². The lowest BCUT2D eigenvalue weighted by Crippen LogP contribution is -2.00. The van der Waals surface area contributed by atoms with Gasteiger partial charge in [-0.2, -0.15) is 0 Å². The molecule has 0 bridgehead atoms. The normalized spacial score (nSPS) is 10.9. The van der Waals surface area contributed by atoms with E-state index in [0.717, 1.165) is 22.1 Å². The van der Waals surface area contributed by atoms with Gasteiger partial charge >= 0.3 is 0 Å². The smallest absolute Gasteiger partial charge is 0.134 e. The summed E-state index contributed by atoms with van der Waals surface area (Å²) < 4.78 is 24.2. The first kappa shape index (κ1) is 12.7. The number of fused-ring (bicyclic) bond motifs is 1. The maximum atomic E-state index is 13.1. The molecule has 0 unspecified atom stereocenters. The Balaban J connectivity index is 1.88. The van der Waals surface area contributed by atoms with Gasteiger partial charge < -0.3 is 14.9 Å². The molecule has 0 radical (unpaired) electrons. The van der Waals surface area contributed by atoms with Crippen molar-refractivity contribution in [3.63, 3.8) is 0 Å². The van der Waals surface area contributed by atoms with Crippen LogP contribution >= 0.6 is 0 Å². The molecule has 0 amide bonds. The third-order valence-corrected chi connectivity index (χ3v) is 3.17. The Morgan fingerprint density at radius 2 is 1.95 bits per heavy atom. The molecule has 4 heteroatoms. The van der Waals surface area contributed by atoms with Crippen LogP contribution in [0.2, 0.25) is 0 Å². The van der Waals surface area contributed by atoms with Gasteiger partial charge in [-0.1, -0.05) is 18.2 Å². The van der Waals surface area contributed by atoms with Gasteiger partial charge in [-0.3, -0.25) is 0 Å². The fourth-order valence-corrected chi connectivity index (χ4v) is 2.23. The minimum atomic E-state index is -0.317. The minimum absolute atomic E-state index is 0.313. The van der Waals surface area contributed by atoms with Gasteiger partial charge in [0.2, 0.25) is 0 Å². The Labute approximate surface area is 115 Å². The second-order valence-electron chi connectivity index (χ2n) is 4.50. The summed E-state index contributed by atoms with van der Waals surface area (Å²) in [5, 5.41) is 0.978. The monoisotopic (exact) mass is 271 g/mol. The number of benzene rings is 2. The van der Waals surface area contributed by atoms with E-state index in [1.807, 2.05) is 18.2 Å². The van der Waals surface area contributed by atoms with Crippen LogP contribution in [0.25, 0.3) is 11.0 Å². The summed E-state index contributed by atoms with van der Waals surface area (Å²) in [6.07, 6.45) is 1.66. The van der Waals surface area contributed by atoms with Crippen LogP contribution in [0.15, 0.2) is 53.1 Å². The van der Waals surface area contributed by atoms with Crippen molar-refractivity contribution in [1.29, 1.82) is 0 Å². The number of hydrogen-bond acceptors (Lipinski definition) is 3. The van der Waals surface area contributed by atoms with Crippen molar-refractivity contribution in [2.45, 2.75) is 13.2 Å². The molecule has 20 heavy (non-hydrogen) atoms. The molecule has 102 valence electrons. The van der Waals surface area contributed by atoms with E-state index in [2.05, 4.69) is 0 Å². The summed E-state index contributed by atoms with van der Waals surface area (Å²) in [5.74, 6) is 0.173. The molecule has 0 spiro atoms. The number of halogens is 1. The second kappa shape index (κ2) is 5.35. The van der Waals surface area contributed by atoms with E-state index in [9.17, 15) is 4.39 Å². The molecule has 0 aliphatic heterocycles. The molecule has 2 aromatic carbocycles. The second-order valence-corrected chi connectivity index (χ2v) is 4.50. The molecule has 0 fully saturated rings. The Kier molecular flexibility index (Phi) is 3.39. The summed E-state index contributed by atoms with van der Waals surface area (Å²) in [6, 6.07) is 11.8. The summed E-state index contributed by atoms with van der Waals surface area (Å²) in [7, 11) is 0. The first-order valence-corrected chi connectivity index (χ1v) is 6.34. The van der Waals surface area contributed by atoms with Gasteiger partial charge in [-0.05, 0) is 23.8 Å². The standard InChI is InChI=1S/C16H14FNO2/c17-13-4-2-5-14(7-13)19-9-12-10-20-15-6-1-3-11(8-18)16(12)15/h1-7,10H,8-9,18H2. The van der Waals surface area contributed by atoms with E-state index in [0.29, 0.717) is 18.9 Å². The number of hydrogen-bond donors (Lipinski definition) is 1. The minimum Gasteiger partial charge on any atom is -0.489 e. The number of rotatable bonds is 4. The lowest BCUT2D eigenvalue weighted by molar-refractivity contribution is 0.304. The molecule has 3 aromatic rings. The van der Waals surface area contributed by atoms with Crippen LogP contribution in [-0.4, -0.2) is 0 Å². The molecule has 3 nitrogen and oxygen atoms in total. The van der Waals surface area contributed by atoms with E-state index in [1.165, 1.54) is 12.1 Å². The van der Waals surface area contributed by atoms with Crippen LogP contribution in [0.1, 0.15) is 11.1 Å². The molecule has 1 aromatic heterocycles. The molecular formula is C16H14FNO2. The Morgan fingerprint density at radius 1 is 1.10 bits per heavy atom. The fraction of sp³-hybridized carbons (Fsp3) is 0.125. The summed E-state index contributed by atoms with van der Waals surface area (Å²) in [5.41, 5.74) is 8.44. The van der Waals surface area contributed by atoms with Gasteiger partial charge in [0.15, 0.2) is 0 Å². The van der Waals surface area contributed by atoms with Gasteiger partial charge in [0.1, 0.15) is 23.8 Å². The van der Waals surface area contributed by atoms with Gasteiger partial charge in [0.05, 0.1) is 6.26 Å². The van der Waals surface area contributed by atoms with Gasteiger partial charge in [0, 0.05) is 23.6 Å². The average molecular weight is 271 g/mol. The maximum absolute atomic E-state index is 13.1. The zero-order valence-corrected chi connectivity index (χ0v) is 10.8. The van der Waals surface area contributed by atoms with Crippen molar-refractivity contribution in [3.8, 4) is 5.75 Å². The van der Waals surface area contributed by atoms with Gasteiger partial charge in [-0.15, -0.1) is 0 Å². The largest absolute Gasteiger partial charge is 0.489 e. The van der Waals surface area contributed by atoms with E-state index < -0.39 is 0 Å². The van der Waals surface area contributed by atoms with E-state index in [1.54, 1.807) is 18.4 Å². The predicted molar refractivity (Wildman–Crippen MR) is 74.8 cm³/mol. The molecular weight excluding hydrogens is 257 g/mol. The molecule has 0 atom stereocenters. The molecule has 1 heterocycles. The number of ether oxygens (including phenoxy) is 1. The van der Waals surface area contributed by atoms with Crippen LogP contribution in [0.4, 0.5) is 4.39 Å². The van der Waals surface area contributed by atoms with Gasteiger partial charge in [-0.25, -0.2) is 4.39 Å². The van der Waals surface area contributed by atoms with Gasteiger partial charge in [0.25, 0.3) is 0 Å². The highest BCUT2D eigenvalue weighted by molar-refractivity contribution is 5.84. The zero-order chi connectivity index (χ0) is 13.9. The highest BCUT2D eigenvalue weighted by atomic mass is 19.1. The van der Waals surface area contributed by atoms with E-state index in [4.69, 9.17) is 14.9 Å². The van der Waals surface area contributed by atoms with Crippen molar-refractivity contribution in [1.82, 2.24) is 0 Å². The zero-order valence-electron chi connectivity index (χ0n) is 10.8. The fourth-order valence-electron chi connectivity index (χ4n) is 2.23. The van der Waals surface area contributed by atoms with Crippen molar-refractivity contribution in [2.75, 3.05) is 0 Å². The average Bonchev–Trinajstić information content (AvgIpc) is 2.88. The highest BCUT2D eigenvalue weighted by Gasteiger charge is 2.10. The predicted octanol–water partition coefficient (Wildman–Crippen LogP) is 3.61. The number of nitrogens with two attached hydrogens (primary N) is 1. The maximum Gasteiger partial charge on any atom is 0.134 e. The molecule has 0 saturated heterocycles. The molecule has 0 aliphatic rings. The molecule has 3 rings (SSSR count). The Bertz CT molecular complexity index is 736. The first-order valence-electron chi connectivity index (χ1n) is 6.34. The first-order chi connectivity index (χ1) is 9.78. The highest BCUT2D eigenvalue weighted by Crippen LogP contribution is 2.26. The van der Waals surface area contributed by atoms with Crippen molar-refractivity contribution in [3.05, 3.63) is 65.7 Å². The number of furan rings is 1.